The maximum atomic E-state index is 12.8. The van der Waals surface area contributed by atoms with Crippen LogP contribution in [0.3, 0.4) is 0 Å². The molecule has 134 valence electrons. The number of fused-ring (bicyclic) bond motifs is 1. The predicted molar refractivity (Wildman–Crippen MR) is 96.5 cm³/mol. The van der Waals surface area contributed by atoms with E-state index in [-0.39, 0.29) is 17.3 Å². The molecule has 0 atom stereocenters. The average Bonchev–Trinajstić information content (AvgIpc) is 3.31. The van der Waals surface area contributed by atoms with Crippen molar-refractivity contribution in [1.29, 1.82) is 0 Å². The van der Waals surface area contributed by atoms with Crippen LogP contribution >= 0.6 is 11.3 Å². The quantitative estimate of drug-likeness (QED) is 0.741. The first-order valence-electron chi connectivity index (χ1n) is 7.91. The fourth-order valence-electron chi connectivity index (χ4n) is 2.74. The number of furan rings is 1. The molecule has 1 amide bonds. The van der Waals surface area contributed by atoms with Crippen LogP contribution in [0.5, 0.6) is 0 Å². The fraction of sp³-hybridized carbons (Fsp3) is 0.176. The number of amides is 1. The van der Waals surface area contributed by atoms with Gasteiger partial charge in [0.05, 0.1) is 29.0 Å². The lowest BCUT2D eigenvalue weighted by Crippen LogP contribution is -2.35. The van der Waals surface area contributed by atoms with Crippen LogP contribution in [0, 0.1) is 0 Å². The molecule has 0 saturated heterocycles. The van der Waals surface area contributed by atoms with Gasteiger partial charge in [-0.1, -0.05) is 18.2 Å². The zero-order chi connectivity index (χ0) is 18.1. The number of anilines is 1. The standard InChI is InChI=1S/C17H15N3O4S2/c21-16(12-7-9-24-11-12)19-17-18-14-6-8-20(10-15(14)25-17)26(22,23)13-4-2-1-3-5-13/h1-5,7,9,11H,6,8,10H2,(H,18,19,21). The van der Waals surface area contributed by atoms with E-state index >= 15 is 0 Å². The van der Waals surface area contributed by atoms with Gasteiger partial charge in [0.15, 0.2) is 5.13 Å². The summed E-state index contributed by atoms with van der Waals surface area (Å²) in [5.41, 5.74) is 1.24. The molecule has 0 spiro atoms. The molecule has 0 saturated carbocycles. The molecule has 1 aliphatic rings. The van der Waals surface area contributed by atoms with Crippen molar-refractivity contribution < 1.29 is 17.6 Å². The number of thiazole rings is 1. The van der Waals surface area contributed by atoms with Gasteiger partial charge in [-0.15, -0.1) is 11.3 Å². The molecule has 1 aliphatic heterocycles. The van der Waals surface area contributed by atoms with E-state index in [0.29, 0.717) is 23.7 Å². The second-order valence-electron chi connectivity index (χ2n) is 5.76. The molecular formula is C17H15N3O4S2. The van der Waals surface area contributed by atoms with Crippen molar-refractivity contribution in [2.45, 2.75) is 17.9 Å². The number of carbonyl (C=O) groups is 1. The number of rotatable bonds is 4. The molecule has 0 aliphatic carbocycles. The molecule has 1 N–H and O–H groups in total. The molecule has 0 unspecified atom stereocenters. The molecule has 3 aromatic rings. The Morgan fingerprint density at radius 1 is 1.23 bits per heavy atom. The SMILES string of the molecule is O=C(Nc1nc2c(s1)CN(S(=O)(=O)c1ccccc1)CC2)c1ccoc1. The minimum atomic E-state index is -3.54. The van der Waals surface area contributed by atoms with Crippen molar-refractivity contribution in [3.8, 4) is 0 Å². The lowest BCUT2D eigenvalue weighted by molar-refractivity contribution is 0.102. The number of benzene rings is 1. The summed E-state index contributed by atoms with van der Waals surface area (Å²) < 4.78 is 31.9. The molecular weight excluding hydrogens is 374 g/mol. The Bertz CT molecular complexity index is 1030. The van der Waals surface area contributed by atoms with E-state index in [2.05, 4.69) is 10.3 Å². The Morgan fingerprint density at radius 3 is 2.77 bits per heavy atom. The van der Waals surface area contributed by atoms with Gasteiger partial charge in [-0.3, -0.25) is 10.1 Å². The minimum Gasteiger partial charge on any atom is -0.472 e. The van der Waals surface area contributed by atoms with Crippen LogP contribution in [-0.2, 0) is 23.0 Å². The van der Waals surface area contributed by atoms with E-state index in [1.54, 1.807) is 36.4 Å². The first-order chi connectivity index (χ1) is 12.5. The van der Waals surface area contributed by atoms with Crippen LogP contribution in [0.4, 0.5) is 5.13 Å². The Labute approximate surface area is 154 Å². The third kappa shape index (κ3) is 3.16. The largest absolute Gasteiger partial charge is 0.472 e. The van der Waals surface area contributed by atoms with Gasteiger partial charge in [0.25, 0.3) is 5.91 Å². The maximum absolute atomic E-state index is 12.8. The summed E-state index contributed by atoms with van der Waals surface area (Å²) in [6.45, 7) is 0.620. The Morgan fingerprint density at radius 2 is 2.04 bits per heavy atom. The van der Waals surface area contributed by atoms with Crippen LogP contribution in [0.1, 0.15) is 20.9 Å². The summed E-state index contributed by atoms with van der Waals surface area (Å²) in [5.74, 6) is -0.307. The zero-order valence-electron chi connectivity index (χ0n) is 13.6. The predicted octanol–water partition coefficient (Wildman–Crippen LogP) is 2.74. The van der Waals surface area contributed by atoms with Gasteiger partial charge in [-0.25, -0.2) is 13.4 Å². The summed E-state index contributed by atoms with van der Waals surface area (Å²) in [6.07, 6.45) is 3.30. The van der Waals surface area contributed by atoms with Gasteiger partial charge in [0.2, 0.25) is 10.0 Å². The molecule has 3 heterocycles. The lowest BCUT2D eigenvalue weighted by Gasteiger charge is -2.25. The minimum absolute atomic E-state index is 0.256. The number of carbonyl (C=O) groups excluding carboxylic acids is 1. The molecule has 0 bridgehead atoms. The summed E-state index contributed by atoms with van der Waals surface area (Å²) in [4.78, 5) is 17.6. The number of sulfonamides is 1. The number of nitrogens with one attached hydrogen (secondary N) is 1. The third-order valence-electron chi connectivity index (χ3n) is 4.08. The highest BCUT2D eigenvalue weighted by Gasteiger charge is 2.30. The molecule has 26 heavy (non-hydrogen) atoms. The van der Waals surface area contributed by atoms with Crippen LogP contribution in [-0.4, -0.2) is 30.2 Å². The molecule has 9 heteroatoms. The van der Waals surface area contributed by atoms with Gasteiger partial charge in [-0.2, -0.15) is 4.31 Å². The van der Waals surface area contributed by atoms with E-state index in [1.807, 2.05) is 0 Å². The van der Waals surface area contributed by atoms with Gasteiger partial charge in [0.1, 0.15) is 6.26 Å². The van der Waals surface area contributed by atoms with E-state index < -0.39 is 10.0 Å². The number of nitrogens with zero attached hydrogens (tertiary/aromatic N) is 2. The smallest absolute Gasteiger partial charge is 0.260 e. The average molecular weight is 389 g/mol. The Hall–Kier alpha value is -2.49. The molecule has 7 nitrogen and oxygen atoms in total. The maximum Gasteiger partial charge on any atom is 0.260 e. The van der Waals surface area contributed by atoms with Crippen molar-refractivity contribution in [3.63, 3.8) is 0 Å². The van der Waals surface area contributed by atoms with Crippen LogP contribution in [0.2, 0.25) is 0 Å². The first kappa shape index (κ1) is 17.0. The number of hydrogen-bond donors (Lipinski definition) is 1. The van der Waals surface area contributed by atoms with E-state index in [0.717, 1.165) is 10.6 Å². The molecule has 0 fully saturated rings. The topological polar surface area (TPSA) is 92.5 Å². The summed E-state index contributed by atoms with van der Waals surface area (Å²) in [5, 5.41) is 3.19. The summed E-state index contributed by atoms with van der Waals surface area (Å²) in [7, 11) is -3.54. The Balaban J connectivity index is 1.53. The summed E-state index contributed by atoms with van der Waals surface area (Å²) >= 11 is 1.30. The van der Waals surface area contributed by atoms with Crippen molar-refractivity contribution in [2.24, 2.45) is 0 Å². The van der Waals surface area contributed by atoms with Crippen LogP contribution in [0.15, 0.2) is 58.2 Å². The highest BCUT2D eigenvalue weighted by molar-refractivity contribution is 7.89. The normalized spacial score (nSPS) is 14.8. The van der Waals surface area contributed by atoms with Crippen LogP contribution in [0.25, 0.3) is 0 Å². The van der Waals surface area contributed by atoms with E-state index in [4.69, 9.17) is 4.42 Å². The van der Waals surface area contributed by atoms with E-state index in [9.17, 15) is 13.2 Å². The van der Waals surface area contributed by atoms with Gasteiger partial charge >= 0.3 is 0 Å². The number of hydrogen-bond acceptors (Lipinski definition) is 6. The second-order valence-corrected chi connectivity index (χ2v) is 8.78. The highest BCUT2D eigenvalue weighted by Crippen LogP contribution is 2.31. The monoisotopic (exact) mass is 389 g/mol. The van der Waals surface area contributed by atoms with Gasteiger partial charge in [-0.05, 0) is 18.2 Å². The first-order valence-corrected chi connectivity index (χ1v) is 10.2. The highest BCUT2D eigenvalue weighted by atomic mass is 32.2. The van der Waals surface area contributed by atoms with Gasteiger partial charge < -0.3 is 4.42 Å². The van der Waals surface area contributed by atoms with Crippen molar-refractivity contribution >= 4 is 32.4 Å². The van der Waals surface area contributed by atoms with Crippen molar-refractivity contribution in [2.75, 3.05) is 11.9 Å². The van der Waals surface area contributed by atoms with Crippen LogP contribution < -0.4 is 5.32 Å². The molecule has 1 aromatic carbocycles. The second kappa shape index (κ2) is 6.67. The Kier molecular flexibility index (Phi) is 4.35. The van der Waals surface area contributed by atoms with Gasteiger partial charge in [0, 0.05) is 17.8 Å². The molecule has 2 aromatic heterocycles. The molecule has 4 rings (SSSR count). The van der Waals surface area contributed by atoms with Crippen molar-refractivity contribution in [1.82, 2.24) is 9.29 Å². The van der Waals surface area contributed by atoms with Crippen molar-refractivity contribution in [3.05, 3.63) is 65.1 Å². The fourth-order valence-corrected chi connectivity index (χ4v) is 5.27. The molecule has 0 radical (unpaired) electrons. The lowest BCUT2D eigenvalue weighted by atomic mass is 10.2. The summed E-state index contributed by atoms with van der Waals surface area (Å²) in [6, 6.07) is 9.95. The van der Waals surface area contributed by atoms with E-state index in [1.165, 1.54) is 28.2 Å². The zero-order valence-corrected chi connectivity index (χ0v) is 15.2. The third-order valence-corrected chi connectivity index (χ3v) is 6.94. The number of aromatic nitrogens is 1.